The molecular weight excluding hydrogens is 442 g/mol. The summed E-state index contributed by atoms with van der Waals surface area (Å²) < 4.78 is 1.64. The van der Waals surface area contributed by atoms with Crippen LogP contribution in [0.1, 0.15) is 42.1 Å². The number of rotatable bonds is 6. The predicted molar refractivity (Wildman–Crippen MR) is 128 cm³/mol. The minimum absolute atomic E-state index is 0.0504. The summed E-state index contributed by atoms with van der Waals surface area (Å²) in [6.45, 7) is 5.38. The lowest BCUT2D eigenvalue weighted by Crippen LogP contribution is -2.16. The van der Waals surface area contributed by atoms with Gasteiger partial charge in [0.25, 0.3) is 0 Å². The van der Waals surface area contributed by atoms with Crippen molar-refractivity contribution >= 4 is 29.3 Å². The molecule has 10 nitrogen and oxygen atoms in total. The molecule has 0 saturated carbocycles. The van der Waals surface area contributed by atoms with Crippen LogP contribution in [0.4, 0.5) is 5.82 Å². The van der Waals surface area contributed by atoms with Crippen molar-refractivity contribution in [3.8, 4) is 17.5 Å². The summed E-state index contributed by atoms with van der Waals surface area (Å²) in [6, 6.07) is 9.15. The summed E-state index contributed by atoms with van der Waals surface area (Å²) in [5.41, 5.74) is 8.56. The Morgan fingerprint density at radius 2 is 2.09 bits per heavy atom. The molecule has 2 aromatic heterocycles. The van der Waals surface area contributed by atoms with Crippen LogP contribution in [0, 0.1) is 18.3 Å². The third-order valence-corrected chi connectivity index (χ3v) is 5.40. The molecule has 11 heteroatoms. The van der Waals surface area contributed by atoms with Crippen LogP contribution in [0.25, 0.3) is 11.4 Å². The molecule has 0 spiro atoms. The molecule has 0 atom stereocenters. The Labute approximate surface area is 196 Å². The summed E-state index contributed by atoms with van der Waals surface area (Å²) in [5, 5.41) is 27.6. The monoisotopic (exact) mass is 465 g/mol. The number of halogens is 1. The number of hydrogen-bond donors (Lipinski definition) is 3. The van der Waals surface area contributed by atoms with E-state index in [9.17, 15) is 10.4 Å². The lowest BCUT2D eigenvalue weighted by molar-refractivity contribution is 0.0732. The normalized spacial score (nSPS) is 12.3. The second-order valence-corrected chi connectivity index (χ2v) is 8.25. The van der Waals surface area contributed by atoms with Crippen molar-refractivity contribution in [1.82, 2.24) is 19.7 Å². The van der Waals surface area contributed by atoms with E-state index in [1.165, 1.54) is 6.21 Å². The van der Waals surface area contributed by atoms with Crippen LogP contribution >= 0.6 is 11.6 Å². The number of nitrogens with zero attached hydrogens (tertiary/aromatic N) is 7. The fourth-order valence-corrected chi connectivity index (χ4v) is 3.27. The maximum atomic E-state index is 10.1. The van der Waals surface area contributed by atoms with Crippen molar-refractivity contribution in [2.45, 2.75) is 32.9 Å². The summed E-state index contributed by atoms with van der Waals surface area (Å²) in [7, 11) is 1.77. The average molecular weight is 466 g/mol. The largest absolute Gasteiger partial charge is 0.384 e. The molecule has 0 bridgehead atoms. The number of aromatic nitrogens is 4. The van der Waals surface area contributed by atoms with Gasteiger partial charge >= 0.3 is 0 Å². The number of hydrazone groups is 1. The lowest BCUT2D eigenvalue weighted by Gasteiger charge is -2.12. The number of anilines is 1. The highest BCUT2D eigenvalue weighted by molar-refractivity contribution is 6.44. The number of hydrogen-bond acceptors (Lipinski definition) is 9. The van der Waals surface area contributed by atoms with E-state index in [2.05, 4.69) is 31.2 Å². The number of aliphatic hydroxyl groups is 1. The third-order valence-electron chi connectivity index (χ3n) is 5.02. The van der Waals surface area contributed by atoms with Gasteiger partial charge in [-0.1, -0.05) is 23.7 Å². The zero-order valence-corrected chi connectivity index (χ0v) is 19.5. The quantitative estimate of drug-likeness (QED) is 0.285. The Kier molecular flexibility index (Phi) is 6.76. The Bertz CT molecular complexity index is 1300. The fourth-order valence-electron chi connectivity index (χ4n) is 3.09. The minimum atomic E-state index is -1.06. The zero-order valence-electron chi connectivity index (χ0n) is 18.7. The van der Waals surface area contributed by atoms with Crippen LogP contribution in [0.5, 0.6) is 0 Å². The smallest absolute Gasteiger partial charge is 0.162 e. The van der Waals surface area contributed by atoms with Gasteiger partial charge in [0.05, 0.1) is 35.8 Å². The molecule has 3 aromatic rings. The summed E-state index contributed by atoms with van der Waals surface area (Å²) >= 11 is 6.36. The number of aliphatic imine (C=N–C) groups is 1. The summed E-state index contributed by atoms with van der Waals surface area (Å²) in [4.78, 5) is 13.2. The Hall–Kier alpha value is -3.81. The third kappa shape index (κ3) is 5.00. The maximum Gasteiger partial charge on any atom is 0.162 e. The van der Waals surface area contributed by atoms with Crippen molar-refractivity contribution < 1.29 is 5.11 Å². The maximum absolute atomic E-state index is 10.1. The minimum Gasteiger partial charge on any atom is -0.384 e. The van der Waals surface area contributed by atoms with E-state index in [0.29, 0.717) is 22.4 Å². The van der Waals surface area contributed by atoms with Crippen LogP contribution in [0.2, 0.25) is 5.02 Å². The molecular formula is C22H24ClN9O. The van der Waals surface area contributed by atoms with Gasteiger partial charge in [0.15, 0.2) is 5.82 Å². The predicted octanol–water partition coefficient (Wildman–Crippen LogP) is 2.45. The topological polar surface area (TPSA) is 164 Å². The van der Waals surface area contributed by atoms with E-state index in [-0.39, 0.29) is 34.6 Å². The molecule has 0 aliphatic rings. The molecule has 0 unspecified atom stereocenters. The van der Waals surface area contributed by atoms with Crippen molar-refractivity contribution in [2.75, 3.05) is 5.73 Å². The zero-order chi connectivity index (χ0) is 24.3. The molecule has 0 radical (unpaired) electrons. The van der Waals surface area contributed by atoms with Crippen LogP contribution < -0.4 is 11.6 Å². The molecule has 0 aliphatic heterocycles. The molecule has 0 fully saturated rings. The molecule has 0 amide bonds. The molecule has 1 aromatic carbocycles. The molecule has 33 heavy (non-hydrogen) atoms. The van der Waals surface area contributed by atoms with E-state index in [1.54, 1.807) is 56.8 Å². The van der Waals surface area contributed by atoms with Gasteiger partial charge < -0.3 is 16.7 Å². The van der Waals surface area contributed by atoms with Crippen LogP contribution in [-0.2, 0) is 19.2 Å². The lowest BCUT2D eigenvalue weighted by atomic mass is 10.0. The molecule has 2 heterocycles. The first-order valence-electron chi connectivity index (χ1n) is 9.93. The second kappa shape index (κ2) is 9.36. The SMILES string of the molecule is Cc1c(C#N)cccc1-c1nc(N)c(Cl)c(C(C=NCc2cc(C(C)(C)O)nn2C)=NN)n1. The summed E-state index contributed by atoms with van der Waals surface area (Å²) in [5.74, 6) is 5.94. The van der Waals surface area contributed by atoms with Crippen molar-refractivity contribution in [2.24, 2.45) is 23.0 Å². The van der Waals surface area contributed by atoms with Gasteiger partial charge in [0.1, 0.15) is 27.8 Å². The first kappa shape index (κ1) is 23.8. The van der Waals surface area contributed by atoms with Gasteiger partial charge in [-0.05, 0) is 38.5 Å². The number of nitrogen functional groups attached to an aromatic ring is 1. The highest BCUT2D eigenvalue weighted by Crippen LogP contribution is 2.28. The van der Waals surface area contributed by atoms with E-state index in [1.807, 2.05) is 0 Å². The average Bonchev–Trinajstić information content (AvgIpc) is 3.15. The first-order chi connectivity index (χ1) is 15.6. The summed E-state index contributed by atoms with van der Waals surface area (Å²) in [6.07, 6.45) is 1.44. The number of nitriles is 1. The molecule has 5 N–H and O–H groups in total. The first-order valence-corrected chi connectivity index (χ1v) is 10.3. The molecule has 170 valence electrons. The van der Waals surface area contributed by atoms with Gasteiger partial charge in [-0.15, -0.1) is 0 Å². The van der Waals surface area contributed by atoms with Gasteiger partial charge in [-0.2, -0.15) is 15.5 Å². The van der Waals surface area contributed by atoms with Gasteiger partial charge in [-0.25, -0.2) is 9.97 Å². The molecule has 0 saturated heterocycles. The van der Waals surface area contributed by atoms with Gasteiger partial charge in [0.2, 0.25) is 0 Å². The van der Waals surface area contributed by atoms with Gasteiger partial charge in [0, 0.05) is 12.6 Å². The second-order valence-electron chi connectivity index (χ2n) is 7.87. The van der Waals surface area contributed by atoms with Crippen molar-refractivity contribution in [3.63, 3.8) is 0 Å². The highest BCUT2D eigenvalue weighted by atomic mass is 35.5. The fraction of sp³-hybridized carbons (Fsp3) is 0.273. The van der Waals surface area contributed by atoms with E-state index >= 15 is 0 Å². The van der Waals surface area contributed by atoms with Crippen LogP contribution in [0.3, 0.4) is 0 Å². The Morgan fingerprint density at radius 1 is 1.36 bits per heavy atom. The van der Waals surface area contributed by atoms with E-state index in [4.69, 9.17) is 23.2 Å². The van der Waals surface area contributed by atoms with Crippen molar-refractivity contribution in [3.05, 3.63) is 57.5 Å². The number of aryl methyl sites for hydroxylation is 1. The van der Waals surface area contributed by atoms with Crippen molar-refractivity contribution in [1.29, 1.82) is 5.26 Å². The highest BCUT2D eigenvalue weighted by Gasteiger charge is 2.21. The Balaban J connectivity index is 1.95. The van der Waals surface area contributed by atoms with E-state index in [0.717, 1.165) is 5.69 Å². The van der Waals surface area contributed by atoms with Crippen LogP contribution in [0.15, 0.2) is 34.4 Å². The van der Waals surface area contributed by atoms with E-state index < -0.39 is 5.60 Å². The standard InChI is InChI=1S/C22H24ClN9O/c1-12-13(9-24)6-5-7-15(12)21-28-19(18(23)20(25)29-21)16(30-26)11-27-10-14-8-17(22(2,3)33)31-32(14)4/h5-8,11,33H,10,26H2,1-4H3,(H2,25,28,29). The van der Waals surface area contributed by atoms with Crippen LogP contribution in [-0.4, -0.2) is 36.8 Å². The van der Waals surface area contributed by atoms with Gasteiger partial charge in [-0.3, -0.25) is 9.67 Å². The molecule has 0 aliphatic carbocycles. The number of benzene rings is 1. The Morgan fingerprint density at radius 3 is 2.70 bits per heavy atom. The number of nitrogens with two attached hydrogens (primary N) is 2. The molecule has 3 rings (SSSR count).